The Morgan fingerprint density at radius 2 is 2.17 bits per heavy atom. The first-order valence-electron chi connectivity index (χ1n) is 5.89. The lowest BCUT2D eigenvalue weighted by Crippen LogP contribution is -2.10. The average Bonchev–Trinajstić information content (AvgIpc) is 2.86. The highest BCUT2D eigenvalue weighted by Crippen LogP contribution is 2.22. The van der Waals surface area contributed by atoms with Gasteiger partial charge >= 0.3 is 0 Å². The zero-order chi connectivity index (χ0) is 12.8. The molecule has 0 atom stereocenters. The number of nitrogens with one attached hydrogen (secondary N) is 1. The molecule has 0 saturated heterocycles. The topological polar surface area (TPSA) is 60.2 Å². The smallest absolute Gasteiger partial charge is 0.258 e. The van der Waals surface area contributed by atoms with E-state index in [1.54, 1.807) is 7.11 Å². The summed E-state index contributed by atoms with van der Waals surface area (Å²) in [7, 11) is 3.54. The van der Waals surface area contributed by atoms with E-state index >= 15 is 0 Å². The number of rotatable bonds is 6. The van der Waals surface area contributed by atoms with Crippen molar-refractivity contribution >= 4 is 0 Å². The van der Waals surface area contributed by atoms with Crippen molar-refractivity contribution in [3.8, 4) is 11.5 Å². The van der Waals surface area contributed by atoms with Crippen molar-refractivity contribution in [2.45, 2.75) is 13.0 Å². The van der Waals surface area contributed by atoms with E-state index < -0.39 is 0 Å². The molecule has 0 aliphatic rings. The van der Waals surface area contributed by atoms with Crippen molar-refractivity contribution in [2.24, 2.45) is 0 Å². The molecule has 96 valence electrons. The Hall–Kier alpha value is -1.72. The van der Waals surface area contributed by atoms with Crippen LogP contribution >= 0.6 is 0 Å². The molecular weight excluding hydrogens is 230 g/mol. The number of nitrogens with zero attached hydrogens (tertiary/aromatic N) is 2. The van der Waals surface area contributed by atoms with Crippen LogP contribution in [-0.4, -0.2) is 30.8 Å². The molecule has 0 bridgehead atoms. The summed E-state index contributed by atoms with van der Waals surface area (Å²) < 4.78 is 10.2. The molecule has 0 amide bonds. The van der Waals surface area contributed by atoms with Crippen LogP contribution in [0.4, 0.5) is 0 Å². The molecule has 0 fully saturated rings. The third-order valence-corrected chi connectivity index (χ3v) is 2.63. The minimum absolute atomic E-state index is 0.363. The predicted molar refractivity (Wildman–Crippen MR) is 68.1 cm³/mol. The van der Waals surface area contributed by atoms with Crippen LogP contribution in [0.15, 0.2) is 28.8 Å². The van der Waals surface area contributed by atoms with Crippen molar-refractivity contribution < 1.29 is 9.26 Å². The van der Waals surface area contributed by atoms with Crippen LogP contribution in [0.25, 0.3) is 11.5 Å². The number of hydrogen-bond acceptors (Lipinski definition) is 5. The summed E-state index contributed by atoms with van der Waals surface area (Å²) in [4.78, 5) is 4.32. The monoisotopic (exact) mass is 247 g/mol. The maximum Gasteiger partial charge on any atom is 0.258 e. The van der Waals surface area contributed by atoms with Crippen LogP contribution in [0.1, 0.15) is 11.4 Å². The Morgan fingerprint density at radius 3 is 2.94 bits per heavy atom. The molecule has 0 aliphatic carbocycles. The number of methoxy groups -OCH3 is 1. The van der Waals surface area contributed by atoms with Gasteiger partial charge in [-0.15, -0.1) is 0 Å². The molecule has 1 N–H and O–H groups in total. The molecule has 0 unspecified atom stereocenters. The first-order chi connectivity index (χ1) is 8.85. The SMILES string of the molecule is CNCCc1ccccc1-c1nc(COC)no1. The highest BCUT2D eigenvalue weighted by molar-refractivity contribution is 5.58. The number of benzene rings is 1. The van der Waals surface area contributed by atoms with E-state index in [1.165, 1.54) is 5.56 Å². The van der Waals surface area contributed by atoms with E-state index in [0.717, 1.165) is 18.5 Å². The maximum absolute atomic E-state index is 5.26. The number of aromatic nitrogens is 2. The van der Waals surface area contributed by atoms with Crippen molar-refractivity contribution in [2.75, 3.05) is 20.7 Å². The van der Waals surface area contributed by atoms with Crippen LogP contribution in [0.2, 0.25) is 0 Å². The van der Waals surface area contributed by atoms with Crippen LogP contribution in [0, 0.1) is 0 Å². The summed E-state index contributed by atoms with van der Waals surface area (Å²) in [5, 5.41) is 7.01. The van der Waals surface area contributed by atoms with Gasteiger partial charge in [0.05, 0.1) is 0 Å². The van der Waals surface area contributed by atoms with E-state index in [0.29, 0.717) is 18.3 Å². The number of likely N-dealkylation sites (N-methyl/N-ethyl adjacent to an activating group) is 1. The summed E-state index contributed by atoms with van der Waals surface area (Å²) in [6.07, 6.45) is 0.925. The summed E-state index contributed by atoms with van der Waals surface area (Å²) in [6, 6.07) is 8.06. The first kappa shape index (κ1) is 12.7. The standard InChI is InChI=1S/C13H17N3O2/c1-14-8-7-10-5-3-4-6-11(10)13-15-12(9-17-2)16-18-13/h3-6,14H,7-9H2,1-2H3. The number of ether oxygens (including phenoxy) is 1. The van der Waals surface area contributed by atoms with Crippen LogP contribution in [0.3, 0.4) is 0 Å². The van der Waals surface area contributed by atoms with Crippen molar-refractivity contribution in [3.63, 3.8) is 0 Å². The van der Waals surface area contributed by atoms with Gasteiger partial charge in [0.2, 0.25) is 0 Å². The second-order valence-corrected chi connectivity index (χ2v) is 3.96. The summed E-state index contributed by atoms with van der Waals surface area (Å²) in [5.74, 6) is 1.12. The Morgan fingerprint density at radius 1 is 1.33 bits per heavy atom. The Balaban J connectivity index is 2.25. The predicted octanol–water partition coefficient (Wildman–Crippen LogP) is 1.64. The van der Waals surface area contributed by atoms with Gasteiger partial charge in [-0.05, 0) is 31.6 Å². The molecule has 2 aromatic rings. The average molecular weight is 247 g/mol. The summed E-state index contributed by atoms with van der Waals surface area (Å²) >= 11 is 0. The third-order valence-electron chi connectivity index (χ3n) is 2.63. The van der Waals surface area contributed by atoms with Gasteiger partial charge in [-0.3, -0.25) is 0 Å². The highest BCUT2D eigenvalue weighted by atomic mass is 16.5. The second kappa shape index (κ2) is 6.28. The van der Waals surface area contributed by atoms with Gasteiger partial charge in [0.15, 0.2) is 5.82 Å². The molecule has 0 radical (unpaired) electrons. The van der Waals surface area contributed by atoms with Crippen LogP contribution in [-0.2, 0) is 17.8 Å². The Labute approximate surface area is 106 Å². The van der Waals surface area contributed by atoms with Gasteiger partial charge in [0.25, 0.3) is 5.89 Å². The van der Waals surface area contributed by atoms with E-state index in [9.17, 15) is 0 Å². The quantitative estimate of drug-likeness (QED) is 0.841. The highest BCUT2D eigenvalue weighted by Gasteiger charge is 2.12. The fourth-order valence-electron chi connectivity index (χ4n) is 1.76. The molecule has 0 spiro atoms. The van der Waals surface area contributed by atoms with Crippen molar-refractivity contribution in [3.05, 3.63) is 35.7 Å². The Bertz CT molecular complexity index is 496. The molecule has 5 heteroatoms. The van der Waals surface area contributed by atoms with Gasteiger partial charge < -0.3 is 14.6 Å². The maximum atomic E-state index is 5.26. The first-order valence-corrected chi connectivity index (χ1v) is 5.89. The van der Waals surface area contributed by atoms with E-state index in [-0.39, 0.29) is 0 Å². The zero-order valence-electron chi connectivity index (χ0n) is 10.6. The molecule has 1 aromatic heterocycles. The second-order valence-electron chi connectivity index (χ2n) is 3.96. The van der Waals surface area contributed by atoms with E-state index in [4.69, 9.17) is 9.26 Å². The van der Waals surface area contributed by atoms with Gasteiger partial charge in [0.1, 0.15) is 6.61 Å². The normalized spacial score (nSPS) is 10.8. The van der Waals surface area contributed by atoms with Gasteiger partial charge in [-0.2, -0.15) is 4.98 Å². The zero-order valence-corrected chi connectivity index (χ0v) is 10.6. The number of hydrogen-bond donors (Lipinski definition) is 1. The minimum Gasteiger partial charge on any atom is -0.377 e. The molecule has 18 heavy (non-hydrogen) atoms. The van der Waals surface area contributed by atoms with Gasteiger partial charge in [-0.1, -0.05) is 23.4 Å². The molecule has 1 aromatic carbocycles. The molecule has 2 rings (SSSR count). The molecule has 1 heterocycles. The summed E-state index contributed by atoms with van der Waals surface area (Å²) in [5.41, 5.74) is 2.18. The molecular formula is C13H17N3O2. The minimum atomic E-state index is 0.363. The van der Waals surface area contributed by atoms with Gasteiger partial charge in [-0.25, -0.2) is 0 Å². The van der Waals surface area contributed by atoms with Crippen molar-refractivity contribution in [1.29, 1.82) is 0 Å². The van der Waals surface area contributed by atoms with Crippen LogP contribution < -0.4 is 5.32 Å². The van der Waals surface area contributed by atoms with E-state index in [1.807, 2.05) is 25.2 Å². The lowest BCUT2D eigenvalue weighted by atomic mass is 10.0. The Kier molecular flexibility index (Phi) is 4.44. The van der Waals surface area contributed by atoms with Crippen molar-refractivity contribution in [1.82, 2.24) is 15.5 Å². The fraction of sp³-hybridized carbons (Fsp3) is 0.385. The van der Waals surface area contributed by atoms with Gasteiger partial charge in [0, 0.05) is 12.7 Å². The van der Waals surface area contributed by atoms with E-state index in [2.05, 4.69) is 21.5 Å². The molecule has 5 nitrogen and oxygen atoms in total. The summed E-state index contributed by atoms with van der Waals surface area (Å²) in [6.45, 7) is 1.28. The molecule has 0 aliphatic heterocycles. The third kappa shape index (κ3) is 2.94. The fourth-order valence-corrected chi connectivity index (χ4v) is 1.76. The van der Waals surface area contributed by atoms with Crippen LogP contribution in [0.5, 0.6) is 0 Å². The lowest BCUT2D eigenvalue weighted by molar-refractivity contribution is 0.174. The molecule has 0 saturated carbocycles. The lowest BCUT2D eigenvalue weighted by Gasteiger charge is -2.05. The largest absolute Gasteiger partial charge is 0.377 e.